The maximum absolute atomic E-state index is 12.5. The molecule has 3 rings (SSSR count). The van der Waals surface area contributed by atoms with Gasteiger partial charge in [0.05, 0.1) is 13.2 Å². The molecule has 1 saturated heterocycles. The summed E-state index contributed by atoms with van der Waals surface area (Å²) in [4.78, 5) is 14.5. The monoisotopic (exact) mass is 386 g/mol. The number of ether oxygens (including phenoxy) is 1. The molecule has 0 aliphatic carbocycles. The predicted octanol–water partition coefficient (Wildman–Crippen LogP) is 4.58. The molecule has 2 atom stereocenters. The average Bonchev–Trinajstić information content (AvgIpc) is 3.06. The highest BCUT2D eigenvalue weighted by Crippen LogP contribution is 2.32. The molecule has 0 aromatic heterocycles. The number of hydrogen-bond donors (Lipinski definition) is 1. The fourth-order valence-electron chi connectivity index (χ4n) is 3.76. The van der Waals surface area contributed by atoms with Crippen LogP contribution in [0.2, 0.25) is 5.02 Å². The third-order valence-electron chi connectivity index (χ3n) is 5.26. The molecule has 2 aromatic rings. The summed E-state index contributed by atoms with van der Waals surface area (Å²) in [6, 6.07) is 16.2. The maximum Gasteiger partial charge on any atom is 0.223 e. The SMILES string of the molecule is COc1cccc(CNCCC2CCC(=O)N2C(C)c2ccc(Cl)cc2)c1. The molecule has 1 aliphatic rings. The number of methoxy groups -OCH3 is 1. The van der Waals surface area contributed by atoms with E-state index in [9.17, 15) is 4.79 Å². The summed E-state index contributed by atoms with van der Waals surface area (Å²) in [6.45, 7) is 3.77. The van der Waals surface area contributed by atoms with E-state index in [1.165, 1.54) is 5.56 Å². The minimum absolute atomic E-state index is 0.0700. The first-order valence-electron chi connectivity index (χ1n) is 9.48. The van der Waals surface area contributed by atoms with Gasteiger partial charge in [-0.15, -0.1) is 0 Å². The van der Waals surface area contributed by atoms with E-state index in [1.54, 1.807) is 7.11 Å². The summed E-state index contributed by atoms with van der Waals surface area (Å²) in [6.07, 6.45) is 2.52. The van der Waals surface area contributed by atoms with Gasteiger partial charge in [0.2, 0.25) is 5.91 Å². The fraction of sp³-hybridized carbons (Fsp3) is 0.409. The van der Waals surface area contributed by atoms with Crippen molar-refractivity contribution in [2.45, 2.75) is 44.8 Å². The van der Waals surface area contributed by atoms with Crippen LogP contribution >= 0.6 is 11.6 Å². The molecule has 1 N–H and O–H groups in total. The van der Waals surface area contributed by atoms with Crippen LogP contribution < -0.4 is 10.1 Å². The molecular weight excluding hydrogens is 360 g/mol. The Hall–Kier alpha value is -2.04. The molecule has 5 heteroatoms. The summed E-state index contributed by atoms with van der Waals surface area (Å²) in [5.74, 6) is 1.12. The van der Waals surface area contributed by atoms with Gasteiger partial charge in [0.25, 0.3) is 0 Å². The van der Waals surface area contributed by atoms with Crippen molar-refractivity contribution in [2.75, 3.05) is 13.7 Å². The number of rotatable bonds is 8. The molecule has 0 spiro atoms. The Morgan fingerprint density at radius 1 is 1.26 bits per heavy atom. The molecule has 0 bridgehead atoms. The highest BCUT2D eigenvalue weighted by molar-refractivity contribution is 6.30. The van der Waals surface area contributed by atoms with Crippen LogP contribution in [-0.4, -0.2) is 30.5 Å². The summed E-state index contributed by atoms with van der Waals surface area (Å²) >= 11 is 5.99. The minimum Gasteiger partial charge on any atom is -0.497 e. The number of halogens is 1. The molecule has 1 heterocycles. The van der Waals surface area contributed by atoms with E-state index in [4.69, 9.17) is 16.3 Å². The molecule has 1 amide bonds. The third-order valence-corrected chi connectivity index (χ3v) is 5.51. The average molecular weight is 387 g/mol. The largest absolute Gasteiger partial charge is 0.497 e. The van der Waals surface area contributed by atoms with Crippen molar-refractivity contribution in [3.63, 3.8) is 0 Å². The summed E-state index contributed by atoms with van der Waals surface area (Å²) in [5, 5.41) is 4.21. The second kappa shape index (κ2) is 9.25. The lowest BCUT2D eigenvalue weighted by molar-refractivity contribution is -0.131. The third kappa shape index (κ3) is 5.02. The molecule has 2 aromatic carbocycles. The highest BCUT2D eigenvalue weighted by atomic mass is 35.5. The first-order valence-corrected chi connectivity index (χ1v) is 9.86. The Morgan fingerprint density at radius 3 is 2.78 bits per heavy atom. The molecular formula is C22H27ClN2O2. The second-order valence-electron chi connectivity index (χ2n) is 7.04. The van der Waals surface area contributed by atoms with Crippen LogP contribution in [0.25, 0.3) is 0 Å². The van der Waals surface area contributed by atoms with Gasteiger partial charge in [-0.2, -0.15) is 0 Å². The van der Waals surface area contributed by atoms with Crippen molar-refractivity contribution in [1.29, 1.82) is 0 Å². The highest BCUT2D eigenvalue weighted by Gasteiger charge is 2.34. The number of benzene rings is 2. The lowest BCUT2D eigenvalue weighted by atomic mass is 10.0. The van der Waals surface area contributed by atoms with Crippen LogP contribution in [-0.2, 0) is 11.3 Å². The Bertz CT molecular complexity index is 763. The standard InChI is InChI=1S/C22H27ClN2O2/c1-16(18-6-8-19(23)9-7-18)25-20(10-11-22(25)26)12-13-24-15-17-4-3-5-21(14-17)27-2/h3-9,14,16,20,24H,10-13,15H2,1-2H3. The van der Waals surface area contributed by atoms with Gasteiger partial charge in [0.15, 0.2) is 0 Å². The Labute approximate surface area is 166 Å². The lowest BCUT2D eigenvalue weighted by Crippen LogP contribution is -2.37. The first kappa shape index (κ1) is 19.7. The number of carbonyl (C=O) groups is 1. The normalized spacial score (nSPS) is 18.0. The van der Waals surface area contributed by atoms with Crippen LogP contribution in [0.1, 0.15) is 43.4 Å². The molecule has 1 fully saturated rings. The number of amides is 1. The summed E-state index contributed by atoms with van der Waals surface area (Å²) in [7, 11) is 1.68. The lowest BCUT2D eigenvalue weighted by Gasteiger charge is -2.31. The molecule has 27 heavy (non-hydrogen) atoms. The van der Waals surface area contributed by atoms with Crippen LogP contribution in [0.4, 0.5) is 0 Å². The molecule has 4 nitrogen and oxygen atoms in total. The number of hydrogen-bond acceptors (Lipinski definition) is 3. The van der Waals surface area contributed by atoms with Crippen molar-refractivity contribution >= 4 is 17.5 Å². The number of likely N-dealkylation sites (tertiary alicyclic amines) is 1. The van der Waals surface area contributed by atoms with E-state index >= 15 is 0 Å². The Balaban J connectivity index is 1.54. The molecule has 144 valence electrons. The maximum atomic E-state index is 12.5. The van der Waals surface area contributed by atoms with Crippen LogP contribution in [0.3, 0.4) is 0 Å². The number of nitrogens with zero attached hydrogens (tertiary/aromatic N) is 1. The van der Waals surface area contributed by atoms with Gasteiger partial charge in [-0.05, 0) is 61.7 Å². The van der Waals surface area contributed by atoms with E-state index in [0.717, 1.165) is 42.3 Å². The summed E-state index contributed by atoms with van der Waals surface area (Å²) < 4.78 is 5.26. The number of nitrogens with one attached hydrogen (secondary N) is 1. The van der Waals surface area contributed by atoms with Gasteiger partial charge in [0, 0.05) is 24.0 Å². The Kier molecular flexibility index (Phi) is 6.75. The van der Waals surface area contributed by atoms with Crippen molar-refractivity contribution in [3.05, 3.63) is 64.7 Å². The summed E-state index contributed by atoms with van der Waals surface area (Å²) in [5.41, 5.74) is 2.33. The van der Waals surface area contributed by atoms with Crippen molar-refractivity contribution in [1.82, 2.24) is 10.2 Å². The van der Waals surface area contributed by atoms with Gasteiger partial charge < -0.3 is 15.0 Å². The molecule has 2 unspecified atom stereocenters. The van der Waals surface area contributed by atoms with Crippen molar-refractivity contribution in [3.8, 4) is 5.75 Å². The minimum atomic E-state index is 0.0700. The second-order valence-corrected chi connectivity index (χ2v) is 7.47. The predicted molar refractivity (Wildman–Crippen MR) is 109 cm³/mol. The van der Waals surface area contributed by atoms with E-state index in [-0.39, 0.29) is 18.0 Å². The van der Waals surface area contributed by atoms with Gasteiger partial charge in [0.1, 0.15) is 5.75 Å². The van der Waals surface area contributed by atoms with E-state index in [1.807, 2.05) is 42.5 Å². The zero-order chi connectivity index (χ0) is 19.2. The zero-order valence-corrected chi connectivity index (χ0v) is 16.7. The topological polar surface area (TPSA) is 41.6 Å². The van der Waals surface area contributed by atoms with Gasteiger partial charge in [-0.1, -0.05) is 35.9 Å². The van der Waals surface area contributed by atoms with Crippen LogP contribution in [0.15, 0.2) is 48.5 Å². The van der Waals surface area contributed by atoms with Gasteiger partial charge >= 0.3 is 0 Å². The molecule has 0 radical (unpaired) electrons. The zero-order valence-electron chi connectivity index (χ0n) is 16.0. The van der Waals surface area contributed by atoms with E-state index in [2.05, 4.69) is 23.2 Å². The van der Waals surface area contributed by atoms with E-state index in [0.29, 0.717) is 6.42 Å². The number of carbonyl (C=O) groups excluding carboxylic acids is 1. The first-order chi connectivity index (χ1) is 13.1. The van der Waals surface area contributed by atoms with Gasteiger partial charge in [-0.25, -0.2) is 0 Å². The fourth-order valence-corrected chi connectivity index (χ4v) is 3.89. The van der Waals surface area contributed by atoms with Crippen LogP contribution in [0.5, 0.6) is 5.75 Å². The van der Waals surface area contributed by atoms with E-state index < -0.39 is 0 Å². The quantitative estimate of drug-likeness (QED) is 0.675. The van der Waals surface area contributed by atoms with Gasteiger partial charge in [-0.3, -0.25) is 4.79 Å². The molecule has 1 aliphatic heterocycles. The smallest absolute Gasteiger partial charge is 0.223 e. The molecule has 0 saturated carbocycles. The van der Waals surface area contributed by atoms with Crippen LogP contribution in [0, 0.1) is 0 Å². The van der Waals surface area contributed by atoms with Crippen molar-refractivity contribution < 1.29 is 9.53 Å². The van der Waals surface area contributed by atoms with Crippen molar-refractivity contribution in [2.24, 2.45) is 0 Å². The Morgan fingerprint density at radius 2 is 2.04 bits per heavy atom.